The zero-order valence-electron chi connectivity index (χ0n) is 69.7. The van der Waals surface area contributed by atoms with Gasteiger partial charge in [0.15, 0.2) is 5.96 Å². The maximum absolute atomic E-state index is 14.7. The molecule has 46 heteroatoms. The lowest BCUT2D eigenvalue weighted by Gasteiger charge is -2.30. The second-order valence-corrected chi connectivity index (χ2v) is 31.7. The number of nitrogens with two attached hydrogens (primary N) is 2. The Morgan fingerprint density at radius 1 is 0.374 bits per heavy atom. The Morgan fingerprint density at radius 2 is 0.675 bits per heavy atom. The van der Waals surface area contributed by atoms with Gasteiger partial charge in [-0.05, 0) is 98.8 Å². The second kappa shape index (κ2) is 55.1. The van der Waals surface area contributed by atoms with Crippen LogP contribution in [-0.4, -0.2) is 275 Å². The first-order valence-corrected chi connectivity index (χ1v) is 41.5. The zero-order valence-corrected chi connectivity index (χ0v) is 72.4. The topological polar surface area (TPSA) is 705 Å². The standard InChI is InChI=1S/C77H120N18O25S3/c1-36(2)28-48(66(109)84-46(22-25-57(101)102)63(106)83-47(23-26-58(103)104)65(108)95-61(40(9)97)75(118)89-52(32-96)76(119)120)87-74(117)60(39(7)8)94-69(112)51(31-42-17-19-43(98)20-18-42)86-71(114)54(34-122)92-72(115)55(35-123)90-67(110)49(29-37(3)4)88-73(116)59(38(5)6)93-64(107)45(16-13-27-81-77(79)80)82-70(113)53(33-121)91-68(111)50(30-41-14-11-10-12-15-41)85-62(105)44(78)21-24-56(99)100/h10-12,14-15,17-20,36-40,44-55,59-61,96-98,121-123H,13,16,21-35,78H2,1-9H3,(H,82,113)(H,83,106)(H,84,109)(H,85,105)(H,86,114)(H,87,117)(H,88,116)(H,89,118)(H,90,110)(H,91,111)(H,92,115)(H,93,107)(H,94,112)(H,95,108)(H,99,100)(H,101,102)(H,103,104)(H,119,120)(H4,79,80,81)/t40-,44+,45+,46+,47+,48+,49+,50+,51+,52+,53+,54+,55+,59+,60+,61+/m1/s1. The van der Waals surface area contributed by atoms with Crippen molar-refractivity contribution in [1.29, 1.82) is 5.41 Å². The van der Waals surface area contributed by atoms with Crippen LogP contribution in [0.25, 0.3) is 0 Å². The number of carbonyl (C=O) groups excluding carboxylic acids is 14. The first-order chi connectivity index (χ1) is 57.7. The van der Waals surface area contributed by atoms with Crippen LogP contribution in [0, 0.1) is 29.1 Å². The summed E-state index contributed by atoms with van der Waals surface area (Å²) < 4.78 is 0. The second-order valence-electron chi connectivity index (χ2n) is 30.6. The van der Waals surface area contributed by atoms with Crippen LogP contribution in [0.4, 0.5) is 0 Å². The van der Waals surface area contributed by atoms with E-state index in [1.165, 1.54) is 38.1 Å². The molecule has 0 bridgehead atoms. The molecule has 27 N–H and O–H groups in total. The van der Waals surface area contributed by atoms with Crippen LogP contribution in [0.5, 0.6) is 5.75 Å². The molecule has 2 aromatic carbocycles. The fraction of sp³-hybridized carbons (Fsp3) is 0.597. The third-order valence-corrected chi connectivity index (χ3v) is 19.7. The molecule has 43 nitrogen and oxygen atoms in total. The van der Waals surface area contributed by atoms with E-state index in [2.05, 4.69) is 112 Å². The summed E-state index contributed by atoms with van der Waals surface area (Å²) in [5.74, 6) is -24.6. The molecule has 686 valence electrons. The molecule has 0 fully saturated rings. The molecule has 0 aromatic heterocycles. The Morgan fingerprint density at radius 3 is 1.03 bits per heavy atom. The Kier molecular flexibility index (Phi) is 48.4. The molecule has 0 saturated carbocycles. The van der Waals surface area contributed by atoms with Gasteiger partial charge in [0.1, 0.15) is 90.3 Å². The van der Waals surface area contributed by atoms with E-state index in [-0.39, 0.29) is 68.9 Å². The predicted molar refractivity (Wildman–Crippen MR) is 453 cm³/mol. The highest BCUT2D eigenvalue weighted by Crippen LogP contribution is 2.17. The minimum absolute atomic E-state index is 0.0312. The van der Waals surface area contributed by atoms with Crippen molar-refractivity contribution in [2.45, 2.75) is 236 Å². The number of benzene rings is 2. The Labute approximate surface area is 727 Å². The van der Waals surface area contributed by atoms with Gasteiger partial charge in [-0.1, -0.05) is 97.9 Å². The number of aromatic hydroxyl groups is 1. The lowest BCUT2D eigenvalue weighted by atomic mass is 9.98. The smallest absolute Gasteiger partial charge is 0.328 e. The molecular weight excluding hydrogens is 1670 g/mol. The first kappa shape index (κ1) is 108. The Balaban J connectivity index is 2.48. The number of guanidine groups is 1. The fourth-order valence-electron chi connectivity index (χ4n) is 11.8. The van der Waals surface area contributed by atoms with Crippen LogP contribution < -0.4 is 91.2 Å². The van der Waals surface area contributed by atoms with Crippen molar-refractivity contribution in [1.82, 2.24) is 79.8 Å². The third kappa shape index (κ3) is 40.2. The number of carboxylic acid groups (broad SMARTS) is 4. The normalized spacial score (nSPS) is 15.1. The van der Waals surface area contributed by atoms with Crippen molar-refractivity contribution in [3.05, 3.63) is 65.7 Å². The van der Waals surface area contributed by atoms with Crippen molar-refractivity contribution in [2.24, 2.45) is 35.1 Å². The molecule has 0 aliphatic carbocycles. The molecule has 0 saturated heterocycles. The van der Waals surface area contributed by atoms with Gasteiger partial charge in [-0.3, -0.25) is 86.9 Å². The van der Waals surface area contributed by atoms with Gasteiger partial charge in [-0.25, -0.2) is 4.79 Å². The number of aliphatic hydroxyl groups excluding tert-OH is 2. The summed E-state index contributed by atoms with van der Waals surface area (Å²) in [5.41, 5.74) is 12.4. The van der Waals surface area contributed by atoms with E-state index in [1.807, 2.05) is 5.32 Å². The maximum Gasteiger partial charge on any atom is 0.328 e. The highest BCUT2D eigenvalue weighted by atomic mass is 32.1. The Bertz CT molecular complexity index is 3940. The van der Waals surface area contributed by atoms with Gasteiger partial charge >= 0.3 is 23.9 Å². The molecule has 0 heterocycles. The largest absolute Gasteiger partial charge is 0.508 e. The number of aliphatic carboxylic acids is 4. The summed E-state index contributed by atoms with van der Waals surface area (Å²) >= 11 is 12.9. The van der Waals surface area contributed by atoms with E-state index in [4.69, 9.17) is 22.0 Å². The van der Waals surface area contributed by atoms with E-state index in [9.17, 15) is 117 Å². The molecule has 0 aliphatic rings. The van der Waals surface area contributed by atoms with Crippen LogP contribution in [0.2, 0.25) is 0 Å². The highest BCUT2D eigenvalue weighted by molar-refractivity contribution is 7.80. The monoisotopic (exact) mass is 1790 g/mol. The van der Waals surface area contributed by atoms with Crippen LogP contribution in [0.15, 0.2) is 54.6 Å². The molecule has 0 unspecified atom stereocenters. The lowest BCUT2D eigenvalue weighted by Crippen LogP contribution is -2.62. The number of thiol groups is 3. The average Bonchev–Trinajstić information content (AvgIpc) is 0.847. The quantitative estimate of drug-likeness (QED) is 0.0127. The number of hydrogen-bond acceptors (Lipinski definition) is 26. The highest BCUT2D eigenvalue weighted by Gasteiger charge is 2.40. The van der Waals surface area contributed by atoms with Crippen LogP contribution in [0.1, 0.15) is 138 Å². The summed E-state index contributed by atoms with van der Waals surface area (Å²) in [5, 5.41) is 112. The molecule has 0 aliphatic heterocycles. The minimum atomic E-state index is -1.96. The number of phenolic OH excluding ortho intramolecular Hbond substituents is 1. The van der Waals surface area contributed by atoms with Crippen molar-refractivity contribution < 1.29 is 122 Å². The van der Waals surface area contributed by atoms with E-state index in [1.54, 1.807) is 71.9 Å². The molecule has 14 amide bonds. The lowest BCUT2D eigenvalue weighted by molar-refractivity contribution is -0.144. The number of rotatable bonds is 57. The van der Waals surface area contributed by atoms with Gasteiger partial charge < -0.3 is 127 Å². The molecule has 16 atom stereocenters. The SMILES string of the molecule is CC(C)C[C@H](NC(=O)[C@@H](NC(=O)[C@H](CCCNC(=N)N)NC(=O)[C@H](CS)NC(=O)[C@H](Cc1ccccc1)NC(=O)[C@@H](N)CCC(=O)O)C(C)C)C(=O)N[C@@H](CS)C(=O)N[C@@H](CS)C(=O)N[C@@H](Cc1ccc(O)cc1)C(=O)N[C@H](C(=O)N[C@@H](CC(C)C)C(=O)N[C@@H](CCC(=O)O)C(=O)N[C@@H](CCC(=O)O)C(=O)N[C@H](C(=O)N[C@@H](CO)C(=O)O)[C@@H](C)O)C(C)C. The number of nitrogens with one attached hydrogen (secondary N) is 16. The van der Waals surface area contributed by atoms with Crippen molar-refractivity contribution in [3.63, 3.8) is 0 Å². The summed E-state index contributed by atoms with van der Waals surface area (Å²) in [6.07, 6.45) is -6.28. The fourth-order valence-corrected chi connectivity index (χ4v) is 12.6. The average molecular weight is 1790 g/mol. The van der Waals surface area contributed by atoms with Crippen molar-refractivity contribution in [2.75, 3.05) is 30.4 Å². The Hall–Kier alpha value is -11.1. The molecule has 123 heavy (non-hydrogen) atoms. The molecular formula is C77H120N18O25S3. The number of carboxylic acids is 4. The van der Waals surface area contributed by atoms with Gasteiger partial charge in [0.25, 0.3) is 0 Å². The van der Waals surface area contributed by atoms with Crippen molar-refractivity contribution >= 4 is 150 Å². The van der Waals surface area contributed by atoms with Gasteiger partial charge in [0.05, 0.1) is 18.8 Å². The third-order valence-electron chi connectivity index (χ3n) is 18.6. The number of amides is 14. The van der Waals surface area contributed by atoms with E-state index in [0.717, 1.165) is 6.92 Å². The van der Waals surface area contributed by atoms with Crippen LogP contribution in [0.3, 0.4) is 0 Å². The molecule has 2 rings (SSSR count). The maximum atomic E-state index is 14.7. The minimum Gasteiger partial charge on any atom is -0.508 e. The molecule has 2 aromatic rings. The predicted octanol–water partition coefficient (Wildman–Crippen LogP) is -5.20. The van der Waals surface area contributed by atoms with Crippen molar-refractivity contribution in [3.8, 4) is 5.75 Å². The zero-order chi connectivity index (χ0) is 93.2. The van der Waals surface area contributed by atoms with E-state index in [0.29, 0.717) is 11.1 Å². The number of hydrogen-bond donors (Lipinski definition) is 28. The van der Waals surface area contributed by atoms with Gasteiger partial charge in [-0.2, -0.15) is 37.9 Å². The summed E-state index contributed by atoms with van der Waals surface area (Å²) in [6, 6.07) is -10.3. The number of aliphatic hydroxyl groups is 2. The number of phenols is 1. The summed E-state index contributed by atoms with van der Waals surface area (Å²) in [6.45, 7) is 12.8. The van der Waals surface area contributed by atoms with Gasteiger partial charge in [0, 0.05) is 55.9 Å². The molecule has 0 radical (unpaired) electrons. The summed E-state index contributed by atoms with van der Waals surface area (Å²) in [7, 11) is 0. The van der Waals surface area contributed by atoms with E-state index < -0.39 is 277 Å². The number of carbonyl (C=O) groups is 18. The first-order valence-electron chi connectivity index (χ1n) is 39.6. The van der Waals surface area contributed by atoms with Gasteiger partial charge in [0.2, 0.25) is 82.7 Å². The van der Waals surface area contributed by atoms with E-state index >= 15 is 0 Å². The van der Waals surface area contributed by atoms with Crippen LogP contribution in [-0.2, 0) is 99.1 Å². The molecule has 0 spiro atoms. The van der Waals surface area contributed by atoms with Gasteiger partial charge in [-0.15, -0.1) is 0 Å². The summed E-state index contributed by atoms with van der Waals surface area (Å²) in [4.78, 5) is 244. The van der Waals surface area contributed by atoms with Crippen LogP contribution >= 0.6 is 37.9 Å².